The first-order valence-corrected chi connectivity index (χ1v) is 6.99. The van der Waals surface area contributed by atoms with E-state index in [0.29, 0.717) is 0 Å². The van der Waals surface area contributed by atoms with Crippen molar-refractivity contribution in [3.05, 3.63) is 24.4 Å². The van der Waals surface area contributed by atoms with Gasteiger partial charge in [0.15, 0.2) is 0 Å². The van der Waals surface area contributed by atoms with Crippen LogP contribution in [0.3, 0.4) is 0 Å². The van der Waals surface area contributed by atoms with Crippen molar-refractivity contribution in [2.45, 2.75) is 5.03 Å². The Morgan fingerprint density at radius 3 is 2.89 bits per heavy atom. The molecule has 1 aromatic heterocycles. The standard InChI is InChI=1S/C5H4INS2/c6-9-8-5-3-1-2-4-7-5/h1-4H. The second-order valence-corrected chi connectivity index (χ2v) is 6.14. The number of nitrogens with zero attached hydrogens (tertiary/aromatic N) is 1. The number of pyridine rings is 1. The van der Waals surface area contributed by atoms with Crippen LogP contribution in [0.4, 0.5) is 0 Å². The molecule has 1 rings (SSSR count). The third kappa shape index (κ3) is 2.77. The van der Waals surface area contributed by atoms with Gasteiger partial charge in [-0.15, -0.1) is 0 Å². The fraction of sp³-hybridized carbons (Fsp3) is 0. The summed E-state index contributed by atoms with van der Waals surface area (Å²) in [7, 11) is 3.35. The molecular formula is C5H4INS2. The van der Waals surface area contributed by atoms with Crippen molar-refractivity contribution in [2.24, 2.45) is 0 Å². The Morgan fingerprint density at radius 2 is 2.33 bits per heavy atom. The lowest BCUT2D eigenvalue weighted by atomic mass is 10.5. The Kier molecular flexibility index (Phi) is 3.76. The zero-order chi connectivity index (χ0) is 6.53. The second kappa shape index (κ2) is 4.40. The van der Waals surface area contributed by atoms with Gasteiger partial charge >= 0.3 is 0 Å². The number of hydrogen-bond donors (Lipinski definition) is 0. The fourth-order valence-corrected chi connectivity index (χ4v) is 2.88. The Bertz CT molecular complexity index is 168. The van der Waals surface area contributed by atoms with Gasteiger partial charge in [0.05, 0.1) is 0 Å². The molecule has 1 heterocycles. The molecule has 0 radical (unpaired) electrons. The Morgan fingerprint density at radius 1 is 1.44 bits per heavy atom. The minimum atomic E-state index is 1.07. The van der Waals surface area contributed by atoms with Crippen LogP contribution in [0, 0.1) is 0 Å². The maximum absolute atomic E-state index is 4.11. The van der Waals surface area contributed by atoms with Crippen molar-refractivity contribution in [3.63, 3.8) is 0 Å². The molecule has 0 aliphatic rings. The summed E-state index contributed by atoms with van der Waals surface area (Å²) in [5, 5.41) is 1.07. The van der Waals surface area contributed by atoms with Gasteiger partial charge < -0.3 is 0 Å². The minimum absolute atomic E-state index is 1.07. The molecule has 0 saturated heterocycles. The van der Waals surface area contributed by atoms with Gasteiger partial charge in [0.2, 0.25) is 0 Å². The van der Waals surface area contributed by atoms with Crippen LogP contribution in [0.15, 0.2) is 29.4 Å². The van der Waals surface area contributed by atoms with Crippen molar-refractivity contribution in [2.75, 3.05) is 0 Å². The maximum atomic E-state index is 4.11. The predicted molar refractivity (Wildman–Crippen MR) is 51.7 cm³/mol. The van der Waals surface area contributed by atoms with Crippen molar-refractivity contribution in [1.82, 2.24) is 4.98 Å². The van der Waals surface area contributed by atoms with E-state index in [1.165, 1.54) is 0 Å². The lowest BCUT2D eigenvalue weighted by Gasteiger charge is -1.90. The van der Waals surface area contributed by atoms with E-state index < -0.39 is 0 Å². The third-order valence-corrected chi connectivity index (χ3v) is 3.55. The number of rotatable bonds is 2. The molecule has 0 aromatic carbocycles. The first-order chi connectivity index (χ1) is 4.43. The Balaban J connectivity index is 2.61. The van der Waals surface area contributed by atoms with Crippen molar-refractivity contribution >= 4 is 40.0 Å². The molecule has 0 atom stereocenters. The smallest absolute Gasteiger partial charge is 0.107 e. The molecule has 0 amide bonds. The number of hydrogen-bond acceptors (Lipinski definition) is 3. The highest BCUT2D eigenvalue weighted by molar-refractivity contribution is 14.2. The van der Waals surface area contributed by atoms with Crippen LogP contribution in [-0.4, -0.2) is 4.98 Å². The molecule has 1 nitrogen and oxygen atoms in total. The monoisotopic (exact) mass is 269 g/mol. The summed E-state index contributed by atoms with van der Waals surface area (Å²) in [5.74, 6) is 0. The summed E-state index contributed by atoms with van der Waals surface area (Å²) >= 11 is 2.23. The van der Waals surface area contributed by atoms with E-state index >= 15 is 0 Å². The molecule has 0 saturated carbocycles. The average molecular weight is 269 g/mol. The predicted octanol–water partition coefficient (Wildman–Crippen LogP) is 3.17. The largest absolute Gasteiger partial charge is 0.249 e. The fourth-order valence-electron chi connectivity index (χ4n) is 0.429. The average Bonchev–Trinajstić information content (AvgIpc) is 1.91. The van der Waals surface area contributed by atoms with Gasteiger partial charge in [-0.05, 0) is 30.9 Å². The highest BCUT2D eigenvalue weighted by atomic mass is 127. The van der Waals surface area contributed by atoms with Crippen LogP contribution in [0.1, 0.15) is 0 Å². The normalized spacial score (nSPS) is 9.44. The van der Waals surface area contributed by atoms with Crippen LogP contribution in [0.2, 0.25) is 0 Å². The topological polar surface area (TPSA) is 12.9 Å². The van der Waals surface area contributed by atoms with Crippen LogP contribution in [0.5, 0.6) is 0 Å². The van der Waals surface area contributed by atoms with Crippen LogP contribution >= 0.6 is 40.0 Å². The maximum Gasteiger partial charge on any atom is 0.107 e. The highest BCUT2D eigenvalue weighted by Gasteiger charge is 1.88. The van der Waals surface area contributed by atoms with Gasteiger partial charge in [0, 0.05) is 27.4 Å². The summed E-state index contributed by atoms with van der Waals surface area (Å²) in [4.78, 5) is 4.11. The molecule has 0 unspecified atom stereocenters. The molecule has 0 bridgehead atoms. The first kappa shape index (κ1) is 7.68. The van der Waals surface area contributed by atoms with Crippen molar-refractivity contribution < 1.29 is 0 Å². The summed E-state index contributed by atoms with van der Waals surface area (Å²) < 4.78 is 0. The van der Waals surface area contributed by atoms with Gasteiger partial charge in [-0.3, -0.25) is 0 Å². The molecule has 4 heteroatoms. The Labute approximate surface area is 74.0 Å². The minimum Gasteiger partial charge on any atom is -0.249 e. The highest BCUT2D eigenvalue weighted by Crippen LogP contribution is 2.34. The number of halogens is 1. The van der Waals surface area contributed by atoms with E-state index in [1.807, 2.05) is 18.2 Å². The van der Waals surface area contributed by atoms with Crippen LogP contribution < -0.4 is 0 Å². The van der Waals surface area contributed by atoms with Gasteiger partial charge in [-0.25, -0.2) is 4.98 Å². The summed E-state index contributed by atoms with van der Waals surface area (Å²) in [6, 6.07) is 5.90. The van der Waals surface area contributed by atoms with E-state index in [4.69, 9.17) is 0 Å². The Hall–Kier alpha value is 0.580. The van der Waals surface area contributed by atoms with Gasteiger partial charge in [0.25, 0.3) is 0 Å². The van der Waals surface area contributed by atoms with E-state index in [2.05, 4.69) is 26.2 Å². The van der Waals surface area contributed by atoms with Gasteiger partial charge in [-0.2, -0.15) is 0 Å². The zero-order valence-corrected chi connectivity index (χ0v) is 8.24. The summed E-state index contributed by atoms with van der Waals surface area (Å²) in [6.45, 7) is 0. The van der Waals surface area contributed by atoms with Gasteiger partial charge in [-0.1, -0.05) is 6.07 Å². The van der Waals surface area contributed by atoms with E-state index in [9.17, 15) is 0 Å². The SMILES string of the molecule is ISSc1ccccn1. The quantitative estimate of drug-likeness (QED) is 0.604. The molecule has 0 aliphatic carbocycles. The van der Waals surface area contributed by atoms with Crippen molar-refractivity contribution in [3.8, 4) is 0 Å². The summed E-state index contributed by atoms with van der Waals surface area (Å²) in [5.41, 5.74) is 0. The molecule has 0 N–H and O–H groups in total. The van der Waals surface area contributed by atoms with Gasteiger partial charge in [0.1, 0.15) is 5.03 Å². The molecule has 0 fully saturated rings. The lowest BCUT2D eigenvalue weighted by Crippen LogP contribution is -1.70. The lowest BCUT2D eigenvalue weighted by molar-refractivity contribution is 1.14. The summed E-state index contributed by atoms with van der Waals surface area (Å²) in [6.07, 6.45) is 1.80. The van der Waals surface area contributed by atoms with Crippen molar-refractivity contribution in [1.29, 1.82) is 0 Å². The molecule has 9 heavy (non-hydrogen) atoms. The number of aromatic nitrogens is 1. The molecule has 0 aliphatic heterocycles. The van der Waals surface area contributed by atoms with E-state index in [0.717, 1.165) is 5.03 Å². The first-order valence-electron chi connectivity index (χ1n) is 2.30. The van der Waals surface area contributed by atoms with E-state index in [-0.39, 0.29) is 0 Å². The molecule has 0 spiro atoms. The second-order valence-electron chi connectivity index (χ2n) is 1.31. The zero-order valence-electron chi connectivity index (χ0n) is 4.45. The third-order valence-electron chi connectivity index (χ3n) is 0.755. The molecule has 1 aromatic rings. The molecule has 48 valence electrons. The van der Waals surface area contributed by atoms with Crippen LogP contribution in [-0.2, 0) is 0 Å². The molecular weight excluding hydrogens is 265 g/mol. The van der Waals surface area contributed by atoms with E-state index in [1.54, 1.807) is 25.0 Å². The van der Waals surface area contributed by atoms with Crippen LogP contribution in [0.25, 0.3) is 0 Å².